The maximum atomic E-state index is 11.4. The Morgan fingerprint density at radius 2 is 2.27 bits per heavy atom. The number of nitrogens with one attached hydrogen (secondary N) is 1. The highest BCUT2D eigenvalue weighted by atomic mass is 16.2. The summed E-state index contributed by atoms with van der Waals surface area (Å²) in [5, 5.41) is 3.91. The van der Waals surface area contributed by atoms with Crippen LogP contribution in [0.1, 0.15) is 19.2 Å². The molecule has 0 fully saturated rings. The highest BCUT2D eigenvalue weighted by Crippen LogP contribution is 1.93. The van der Waals surface area contributed by atoms with Crippen LogP contribution < -0.4 is 22.8 Å². The van der Waals surface area contributed by atoms with Gasteiger partial charge in [-0.1, -0.05) is 6.92 Å². The van der Waals surface area contributed by atoms with E-state index in [1.54, 1.807) is 0 Å². The fraction of sp³-hybridized carbons (Fsp3) is 0.571. The van der Waals surface area contributed by atoms with Gasteiger partial charge in [-0.3, -0.25) is 10.2 Å². The lowest BCUT2D eigenvalue weighted by Gasteiger charge is -1.96. The second-order valence-corrected chi connectivity index (χ2v) is 3.04. The molecule has 1 rings (SSSR count). The van der Waals surface area contributed by atoms with E-state index < -0.39 is 11.6 Å². The number of rotatable bonds is 4. The van der Waals surface area contributed by atoms with Crippen LogP contribution in [0, 0.1) is 0 Å². The minimum Gasteiger partial charge on any atom is -0.333 e. The maximum absolute atomic E-state index is 11.4. The van der Waals surface area contributed by atoms with Crippen LogP contribution in [0.15, 0.2) is 4.79 Å². The van der Waals surface area contributed by atoms with Gasteiger partial charge >= 0.3 is 5.69 Å². The Kier molecular flexibility index (Phi) is 3.45. The highest BCUT2D eigenvalue weighted by Gasteiger charge is 2.12. The molecule has 84 valence electrons. The van der Waals surface area contributed by atoms with Crippen molar-refractivity contribution in [3.63, 3.8) is 0 Å². The van der Waals surface area contributed by atoms with Crippen LogP contribution >= 0.6 is 0 Å². The van der Waals surface area contributed by atoms with Crippen LogP contribution in [0.5, 0.6) is 0 Å². The molecule has 0 aliphatic heterocycles. The first-order chi connectivity index (χ1) is 7.10. The fourth-order valence-corrected chi connectivity index (χ4v) is 1.14. The largest absolute Gasteiger partial charge is 0.365 e. The number of aryl methyl sites for hydroxylation is 1. The molecule has 1 heterocycles. The lowest BCUT2D eigenvalue weighted by atomic mass is 10.3. The Labute approximate surface area is 85.8 Å². The van der Waals surface area contributed by atoms with Crippen LogP contribution in [0.25, 0.3) is 0 Å². The third-order valence-corrected chi connectivity index (χ3v) is 1.87. The zero-order valence-electron chi connectivity index (χ0n) is 8.43. The van der Waals surface area contributed by atoms with E-state index in [0.717, 1.165) is 15.8 Å². The molecule has 0 aliphatic carbocycles. The van der Waals surface area contributed by atoms with E-state index in [4.69, 9.17) is 11.7 Å². The van der Waals surface area contributed by atoms with E-state index in [1.807, 2.05) is 12.3 Å². The standard InChI is InChI=1S/C7H14N6O2/c1-2-3-5-11-12(4-6(14)10-8)7(15)13(5)9/h2-4,8-9H2,1H3,(H,10,14). The zero-order chi connectivity index (χ0) is 11.4. The average Bonchev–Trinajstić information content (AvgIpc) is 2.47. The second kappa shape index (κ2) is 4.60. The molecular weight excluding hydrogens is 200 g/mol. The maximum Gasteiger partial charge on any atom is 0.365 e. The minimum absolute atomic E-state index is 0.226. The van der Waals surface area contributed by atoms with Gasteiger partial charge < -0.3 is 5.84 Å². The summed E-state index contributed by atoms with van der Waals surface area (Å²) in [6, 6.07) is 0. The van der Waals surface area contributed by atoms with Gasteiger partial charge in [-0.05, 0) is 6.42 Å². The van der Waals surface area contributed by atoms with Crippen molar-refractivity contribution < 1.29 is 4.79 Å². The summed E-state index contributed by atoms with van der Waals surface area (Å²) >= 11 is 0. The van der Waals surface area contributed by atoms with Gasteiger partial charge in [-0.15, -0.1) is 0 Å². The van der Waals surface area contributed by atoms with Crippen LogP contribution in [-0.4, -0.2) is 20.4 Å². The predicted molar refractivity (Wildman–Crippen MR) is 53.0 cm³/mol. The molecule has 0 radical (unpaired) electrons. The first-order valence-electron chi connectivity index (χ1n) is 4.53. The van der Waals surface area contributed by atoms with Crippen LogP contribution in [0.3, 0.4) is 0 Å². The third-order valence-electron chi connectivity index (χ3n) is 1.87. The Hall–Kier alpha value is -1.83. The molecule has 0 aliphatic rings. The Bertz CT molecular complexity index is 406. The first-order valence-corrected chi connectivity index (χ1v) is 4.53. The molecule has 0 atom stereocenters. The van der Waals surface area contributed by atoms with Crippen molar-refractivity contribution in [2.24, 2.45) is 5.84 Å². The molecule has 0 saturated carbocycles. The topological polar surface area (TPSA) is 121 Å². The van der Waals surface area contributed by atoms with Gasteiger partial charge in [0, 0.05) is 6.42 Å². The van der Waals surface area contributed by atoms with E-state index in [1.165, 1.54) is 0 Å². The molecule has 8 nitrogen and oxygen atoms in total. The van der Waals surface area contributed by atoms with Gasteiger partial charge in [0.15, 0.2) is 5.82 Å². The molecule has 0 aromatic carbocycles. The monoisotopic (exact) mass is 214 g/mol. The van der Waals surface area contributed by atoms with Crippen LogP contribution in [0.2, 0.25) is 0 Å². The number of hydrazine groups is 1. The summed E-state index contributed by atoms with van der Waals surface area (Å²) in [5.41, 5.74) is 1.39. The quantitative estimate of drug-likeness (QED) is 0.295. The zero-order valence-corrected chi connectivity index (χ0v) is 8.43. The number of nitrogens with zero attached hydrogens (tertiary/aromatic N) is 3. The fourth-order valence-electron chi connectivity index (χ4n) is 1.14. The molecule has 15 heavy (non-hydrogen) atoms. The van der Waals surface area contributed by atoms with Crippen molar-refractivity contribution in [1.82, 2.24) is 19.9 Å². The number of nitrogens with two attached hydrogens (primary N) is 2. The van der Waals surface area contributed by atoms with Crippen molar-refractivity contribution in [2.45, 2.75) is 26.3 Å². The molecule has 1 aromatic heterocycles. The van der Waals surface area contributed by atoms with Crippen molar-refractivity contribution in [3.8, 4) is 0 Å². The third kappa shape index (κ3) is 2.34. The SMILES string of the molecule is CCCc1nn(CC(=O)NN)c(=O)n1N. The predicted octanol–water partition coefficient (Wildman–Crippen LogP) is -2.30. The average molecular weight is 214 g/mol. The van der Waals surface area contributed by atoms with Gasteiger partial charge in [0.2, 0.25) is 0 Å². The number of hydrogen-bond donors (Lipinski definition) is 3. The smallest absolute Gasteiger partial charge is 0.333 e. The van der Waals surface area contributed by atoms with Crippen molar-refractivity contribution in [1.29, 1.82) is 0 Å². The number of amides is 1. The summed E-state index contributed by atoms with van der Waals surface area (Å²) in [5.74, 6) is 10.3. The van der Waals surface area contributed by atoms with Crippen molar-refractivity contribution >= 4 is 5.91 Å². The lowest BCUT2D eigenvalue weighted by molar-refractivity contribution is -0.121. The van der Waals surface area contributed by atoms with Crippen LogP contribution in [-0.2, 0) is 17.8 Å². The Balaban J connectivity index is 2.95. The van der Waals surface area contributed by atoms with Gasteiger partial charge in [0.05, 0.1) is 0 Å². The van der Waals surface area contributed by atoms with Gasteiger partial charge in [-0.25, -0.2) is 15.3 Å². The van der Waals surface area contributed by atoms with E-state index in [9.17, 15) is 9.59 Å². The molecule has 0 unspecified atom stereocenters. The molecule has 1 aromatic rings. The molecule has 8 heteroatoms. The van der Waals surface area contributed by atoms with E-state index in [-0.39, 0.29) is 6.54 Å². The Morgan fingerprint density at radius 3 is 2.80 bits per heavy atom. The molecule has 0 spiro atoms. The summed E-state index contributed by atoms with van der Waals surface area (Å²) in [6.07, 6.45) is 1.40. The highest BCUT2D eigenvalue weighted by molar-refractivity contribution is 5.74. The molecule has 1 amide bonds. The van der Waals surface area contributed by atoms with Crippen LogP contribution in [0.4, 0.5) is 0 Å². The summed E-state index contributed by atoms with van der Waals surface area (Å²) in [4.78, 5) is 22.4. The van der Waals surface area contributed by atoms with E-state index >= 15 is 0 Å². The normalized spacial score (nSPS) is 10.3. The molecule has 0 saturated heterocycles. The lowest BCUT2D eigenvalue weighted by Crippen LogP contribution is -2.38. The summed E-state index contributed by atoms with van der Waals surface area (Å²) in [6.45, 7) is 1.71. The summed E-state index contributed by atoms with van der Waals surface area (Å²) < 4.78 is 1.92. The first kappa shape index (κ1) is 11.2. The minimum atomic E-state index is -0.526. The number of nitrogen functional groups attached to an aromatic ring is 1. The number of carbonyl (C=O) groups excluding carboxylic acids is 1. The van der Waals surface area contributed by atoms with Crippen molar-refractivity contribution in [3.05, 3.63) is 16.3 Å². The summed E-state index contributed by atoms with van der Waals surface area (Å²) in [7, 11) is 0. The van der Waals surface area contributed by atoms with Gasteiger partial charge in [0.1, 0.15) is 6.54 Å². The molecule has 5 N–H and O–H groups in total. The second-order valence-electron chi connectivity index (χ2n) is 3.04. The number of aromatic nitrogens is 3. The van der Waals surface area contributed by atoms with E-state index in [0.29, 0.717) is 12.2 Å². The molecular formula is C7H14N6O2. The molecule has 0 bridgehead atoms. The Morgan fingerprint density at radius 1 is 1.60 bits per heavy atom. The number of carbonyl (C=O) groups is 1. The van der Waals surface area contributed by atoms with Crippen molar-refractivity contribution in [2.75, 3.05) is 5.84 Å². The van der Waals surface area contributed by atoms with Gasteiger partial charge in [0.25, 0.3) is 5.91 Å². The number of hydrogen-bond acceptors (Lipinski definition) is 5. The van der Waals surface area contributed by atoms with E-state index in [2.05, 4.69) is 5.10 Å². The van der Waals surface area contributed by atoms with Gasteiger partial charge in [-0.2, -0.15) is 9.77 Å².